The highest BCUT2D eigenvalue weighted by molar-refractivity contribution is 7.13. The Morgan fingerprint density at radius 3 is 2.64 bits per heavy atom. The first-order chi connectivity index (χ1) is 10.8. The van der Waals surface area contributed by atoms with Gasteiger partial charge in [0.2, 0.25) is 0 Å². The summed E-state index contributed by atoms with van der Waals surface area (Å²) in [5, 5.41) is 3.52. The topological polar surface area (TPSA) is 39.2 Å². The van der Waals surface area contributed by atoms with Gasteiger partial charge in [-0.15, -0.1) is 11.3 Å². The summed E-state index contributed by atoms with van der Waals surface area (Å²) in [6.45, 7) is 0.376. The Balaban J connectivity index is 1.69. The van der Waals surface area contributed by atoms with E-state index in [9.17, 15) is 4.79 Å². The highest BCUT2D eigenvalue weighted by atomic mass is 35.5. The predicted octanol–water partition coefficient (Wildman–Crippen LogP) is 4.86. The largest absolute Gasteiger partial charge is 0.487 e. The normalized spacial score (nSPS) is 10.4. The van der Waals surface area contributed by atoms with E-state index in [-0.39, 0.29) is 0 Å². The molecule has 0 saturated heterocycles. The standard InChI is InChI=1S/C17H12ClNO2S/c18-16-4-2-1-3-15(16)17-19-13(11-22-17)10-21-14-7-5-12(9-20)6-8-14/h1-9,11H,10H2. The van der Waals surface area contributed by atoms with E-state index in [1.54, 1.807) is 24.3 Å². The molecule has 0 atom stereocenters. The van der Waals surface area contributed by atoms with Crippen LogP contribution >= 0.6 is 22.9 Å². The molecule has 2 aromatic carbocycles. The molecule has 5 heteroatoms. The lowest BCUT2D eigenvalue weighted by Gasteiger charge is -2.04. The van der Waals surface area contributed by atoms with Crippen LogP contribution in [0.25, 0.3) is 10.6 Å². The second-order valence-corrected chi connectivity index (χ2v) is 5.86. The van der Waals surface area contributed by atoms with Crippen LogP contribution in [-0.4, -0.2) is 11.3 Å². The molecule has 3 rings (SSSR count). The van der Waals surface area contributed by atoms with Crippen LogP contribution in [0.2, 0.25) is 5.02 Å². The van der Waals surface area contributed by atoms with Crippen LogP contribution in [0.5, 0.6) is 5.75 Å². The number of nitrogens with zero attached hydrogens (tertiary/aromatic N) is 1. The van der Waals surface area contributed by atoms with Crippen molar-refractivity contribution >= 4 is 29.2 Å². The van der Waals surface area contributed by atoms with Crippen molar-refractivity contribution < 1.29 is 9.53 Å². The minimum atomic E-state index is 0.376. The SMILES string of the molecule is O=Cc1ccc(OCc2csc(-c3ccccc3Cl)n2)cc1. The monoisotopic (exact) mass is 329 g/mol. The van der Waals surface area contributed by atoms with Gasteiger partial charge in [-0.25, -0.2) is 4.98 Å². The van der Waals surface area contributed by atoms with E-state index in [2.05, 4.69) is 4.98 Å². The van der Waals surface area contributed by atoms with Crippen molar-refractivity contribution in [3.8, 4) is 16.3 Å². The minimum Gasteiger partial charge on any atom is -0.487 e. The summed E-state index contributed by atoms with van der Waals surface area (Å²) in [6.07, 6.45) is 0.806. The summed E-state index contributed by atoms with van der Waals surface area (Å²) in [4.78, 5) is 15.1. The molecule has 22 heavy (non-hydrogen) atoms. The van der Waals surface area contributed by atoms with Crippen LogP contribution in [0, 0.1) is 0 Å². The number of carbonyl (C=O) groups is 1. The van der Waals surface area contributed by atoms with Crippen molar-refractivity contribution in [2.75, 3.05) is 0 Å². The number of aromatic nitrogens is 1. The molecule has 0 unspecified atom stereocenters. The number of carbonyl (C=O) groups excluding carboxylic acids is 1. The fraction of sp³-hybridized carbons (Fsp3) is 0.0588. The smallest absolute Gasteiger partial charge is 0.150 e. The fourth-order valence-electron chi connectivity index (χ4n) is 1.93. The van der Waals surface area contributed by atoms with Crippen LogP contribution in [0.1, 0.15) is 16.1 Å². The summed E-state index contributed by atoms with van der Waals surface area (Å²) in [5.74, 6) is 0.706. The van der Waals surface area contributed by atoms with Crippen molar-refractivity contribution in [3.63, 3.8) is 0 Å². The molecule has 0 aliphatic carbocycles. The first-order valence-electron chi connectivity index (χ1n) is 6.63. The number of hydrogen-bond donors (Lipinski definition) is 0. The lowest BCUT2D eigenvalue weighted by atomic mass is 10.2. The summed E-state index contributed by atoms with van der Waals surface area (Å²) in [7, 11) is 0. The molecule has 0 spiro atoms. The first-order valence-corrected chi connectivity index (χ1v) is 7.89. The number of ether oxygens (including phenoxy) is 1. The Kier molecular flexibility index (Phi) is 4.51. The molecule has 0 aliphatic rings. The Bertz CT molecular complexity index is 783. The number of hydrogen-bond acceptors (Lipinski definition) is 4. The second kappa shape index (κ2) is 6.73. The lowest BCUT2D eigenvalue weighted by Crippen LogP contribution is -1.96. The molecule has 1 aromatic heterocycles. The second-order valence-electron chi connectivity index (χ2n) is 4.60. The average molecular weight is 330 g/mol. The van der Waals surface area contributed by atoms with Gasteiger partial charge >= 0.3 is 0 Å². The summed E-state index contributed by atoms with van der Waals surface area (Å²) in [5.41, 5.74) is 2.40. The third kappa shape index (κ3) is 3.35. The maximum Gasteiger partial charge on any atom is 0.150 e. The first kappa shape index (κ1) is 14.8. The van der Waals surface area contributed by atoms with Gasteiger partial charge in [0, 0.05) is 16.5 Å². The van der Waals surface area contributed by atoms with Crippen molar-refractivity contribution in [2.45, 2.75) is 6.61 Å². The van der Waals surface area contributed by atoms with Gasteiger partial charge in [-0.2, -0.15) is 0 Å². The van der Waals surface area contributed by atoms with E-state index < -0.39 is 0 Å². The highest BCUT2D eigenvalue weighted by Crippen LogP contribution is 2.30. The molecule has 0 bridgehead atoms. The Labute approximate surface area is 137 Å². The van der Waals surface area contributed by atoms with Crippen molar-refractivity contribution in [3.05, 3.63) is 70.2 Å². The fourth-order valence-corrected chi connectivity index (χ4v) is 3.06. The maximum atomic E-state index is 10.6. The van der Waals surface area contributed by atoms with Gasteiger partial charge in [0.05, 0.1) is 10.7 Å². The molecule has 0 aliphatic heterocycles. The van der Waals surface area contributed by atoms with Crippen LogP contribution in [0.3, 0.4) is 0 Å². The van der Waals surface area contributed by atoms with E-state index in [0.29, 0.717) is 22.9 Å². The molecule has 3 nitrogen and oxygen atoms in total. The quantitative estimate of drug-likeness (QED) is 0.628. The summed E-state index contributed by atoms with van der Waals surface area (Å²) >= 11 is 7.71. The zero-order valence-corrected chi connectivity index (χ0v) is 13.1. The average Bonchev–Trinajstić information content (AvgIpc) is 3.02. The number of thiazole rings is 1. The van der Waals surface area contributed by atoms with E-state index in [0.717, 1.165) is 22.6 Å². The third-order valence-corrected chi connectivity index (χ3v) is 4.31. The van der Waals surface area contributed by atoms with Crippen LogP contribution in [0.15, 0.2) is 53.9 Å². The molecular weight excluding hydrogens is 318 g/mol. The van der Waals surface area contributed by atoms with Crippen LogP contribution in [-0.2, 0) is 6.61 Å². The predicted molar refractivity (Wildman–Crippen MR) is 88.7 cm³/mol. The van der Waals surface area contributed by atoms with Gasteiger partial charge in [0.15, 0.2) is 0 Å². The zero-order chi connectivity index (χ0) is 15.4. The van der Waals surface area contributed by atoms with E-state index >= 15 is 0 Å². The number of aldehydes is 1. The molecule has 0 fully saturated rings. The van der Waals surface area contributed by atoms with Gasteiger partial charge in [-0.3, -0.25) is 4.79 Å². The van der Waals surface area contributed by atoms with E-state index in [4.69, 9.17) is 16.3 Å². The Morgan fingerprint density at radius 2 is 1.91 bits per heavy atom. The molecule has 110 valence electrons. The van der Waals surface area contributed by atoms with Gasteiger partial charge in [0.1, 0.15) is 23.7 Å². The molecular formula is C17H12ClNO2S. The lowest BCUT2D eigenvalue weighted by molar-refractivity contribution is 0.112. The van der Waals surface area contributed by atoms with Crippen LogP contribution in [0.4, 0.5) is 0 Å². The van der Waals surface area contributed by atoms with Crippen LogP contribution < -0.4 is 4.74 Å². The van der Waals surface area contributed by atoms with Gasteiger partial charge in [0.25, 0.3) is 0 Å². The van der Waals surface area contributed by atoms with Gasteiger partial charge < -0.3 is 4.74 Å². The molecule has 3 aromatic rings. The highest BCUT2D eigenvalue weighted by Gasteiger charge is 2.08. The molecule has 0 saturated carbocycles. The number of halogens is 1. The maximum absolute atomic E-state index is 10.6. The van der Waals surface area contributed by atoms with Gasteiger partial charge in [-0.1, -0.05) is 29.8 Å². The van der Waals surface area contributed by atoms with Crippen molar-refractivity contribution in [2.24, 2.45) is 0 Å². The van der Waals surface area contributed by atoms with Crippen molar-refractivity contribution in [1.82, 2.24) is 4.98 Å². The molecule has 0 radical (unpaired) electrons. The summed E-state index contributed by atoms with van der Waals surface area (Å²) < 4.78 is 5.67. The summed E-state index contributed by atoms with van der Waals surface area (Å²) in [6, 6.07) is 14.6. The molecule has 0 N–H and O–H groups in total. The third-order valence-electron chi connectivity index (χ3n) is 3.06. The zero-order valence-electron chi connectivity index (χ0n) is 11.5. The molecule has 1 heterocycles. The van der Waals surface area contributed by atoms with E-state index in [1.165, 1.54) is 11.3 Å². The van der Waals surface area contributed by atoms with E-state index in [1.807, 2.05) is 29.6 Å². The Morgan fingerprint density at radius 1 is 1.14 bits per heavy atom. The molecule has 0 amide bonds. The van der Waals surface area contributed by atoms with Gasteiger partial charge in [-0.05, 0) is 30.3 Å². The number of rotatable bonds is 5. The number of benzene rings is 2. The Hall–Kier alpha value is -2.17. The van der Waals surface area contributed by atoms with Crippen molar-refractivity contribution in [1.29, 1.82) is 0 Å². The minimum absolute atomic E-state index is 0.376.